The van der Waals surface area contributed by atoms with E-state index in [-0.39, 0.29) is 5.91 Å². The molecule has 0 radical (unpaired) electrons. The second-order valence-corrected chi connectivity index (χ2v) is 10.0. The molecule has 34 heavy (non-hydrogen) atoms. The highest BCUT2D eigenvalue weighted by molar-refractivity contribution is 9.10. The second-order valence-electron chi connectivity index (χ2n) is 8.65. The largest absolute Gasteiger partial charge is 0.371 e. The lowest BCUT2D eigenvalue weighted by Crippen LogP contribution is -2.52. The Morgan fingerprint density at radius 1 is 1.21 bits per heavy atom. The first-order chi connectivity index (χ1) is 16.4. The van der Waals surface area contributed by atoms with Crippen LogP contribution in [0.5, 0.6) is 0 Å². The molecule has 5 nitrogen and oxygen atoms in total. The number of likely N-dealkylation sites (tertiary alicyclic amines) is 1. The number of carbonyl (C=O) groups excluding carboxylic acids is 1. The summed E-state index contributed by atoms with van der Waals surface area (Å²) in [4.78, 5) is 18.0. The smallest absolute Gasteiger partial charge is 0.249 e. The third kappa shape index (κ3) is 5.78. The van der Waals surface area contributed by atoms with Gasteiger partial charge in [0.05, 0.1) is 5.82 Å². The number of nitrogens with one attached hydrogen (secondary N) is 2. The summed E-state index contributed by atoms with van der Waals surface area (Å²) in [5, 5.41) is 7.26. The van der Waals surface area contributed by atoms with Crippen LogP contribution < -0.4 is 10.6 Å². The van der Waals surface area contributed by atoms with Crippen molar-refractivity contribution in [2.45, 2.75) is 45.1 Å². The maximum Gasteiger partial charge on any atom is 0.249 e. The van der Waals surface area contributed by atoms with Gasteiger partial charge >= 0.3 is 0 Å². The molecule has 7 heteroatoms. The van der Waals surface area contributed by atoms with Crippen molar-refractivity contribution in [2.75, 3.05) is 38.5 Å². The monoisotopic (exact) mass is 546 g/mol. The normalized spacial score (nSPS) is 19.2. The number of anilines is 1. The molecule has 2 aromatic carbocycles. The maximum atomic E-state index is 13.5. The second kappa shape index (κ2) is 12.1. The Bertz CT molecular complexity index is 1010. The van der Waals surface area contributed by atoms with Crippen molar-refractivity contribution in [3.63, 3.8) is 0 Å². The van der Waals surface area contributed by atoms with E-state index in [9.17, 15) is 4.79 Å². The molecule has 0 aliphatic carbocycles. The Morgan fingerprint density at radius 3 is 2.65 bits per heavy atom. The fraction of sp³-hybridized carbons (Fsp3) is 0.444. The van der Waals surface area contributed by atoms with Crippen LogP contribution in [0.1, 0.15) is 44.2 Å². The van der Waals surface area contributed by atoms with Gasteiger partial charge in [0.1, 0.15) is 5.54 Å². The summed E-state index contributed by atoms with van der Waals surface area (Å²) < 4.78 is 0.942. The van der Waals surface area contributed by atoms with E-state index < -0.39 is 5.54 Å². The van der Waals surface area contributed by atoms with Crippen LogP contribution in [0.4, 0.5) is 5.69 Å². The molecular weight excluding hydrogens is 512 g/mol. The van der Waals surface area contributed by atoms with Crippen LogP contribution in [0.25, 0.3) is 0 Å². The first kappa shape index (κ1) is 26.6. The molecule has 184 valence electrons. The van der Waals surface area contributed by atoms with Crippen LogP contribution in [0.3, 0.4) is 0 Å². The Morgan fingerprint density at radius 2 is 1.94 bits per heavy atom. The lowest BCUT2D eigenvalue weighted by Gasteiger charge is -2.38. The molecule has 1 unspecified atom stereocenters. The van der Waals surface area contributed by atoms with Crippen molar-refractivity contribution < 1.29 is 4.79 Å². The van der Waals surface area contributed by atoms with Gasteiger partial charge in [0.2, 0.25) is 5.91 Å². The Hall–Kier alpha value is -2.02. The summed E-state index contributed by atoms with van der Waals surface area (Å²) in [6.45, 7) is 11.7. The van der Waals surface area contributed by atoms with E-state index in [4.69, 9.17) is 11.6 Å². The van der Waals surface area contributed by atoms with Crippen LogP contribution >= 0.6 is 27.5 Å². The van der Waals surface area contributed by atoms with Crippen molar-refractivity contribution in [1.82, 2.24) is 15.1 Å². The van der Waals surface area contributed by atoms with E-state index in [0.717, 1.165) is 40.2 Å². The Kier molecular flexibility index (Phi) is 9.46. The summed E-state index contributed by atoms with van der Waals surface area (Å²) >= 11 is 9.78. The van der Waals surface area contributed by atoms with Crippen molar-refractivity contribution in [1.29, 1.82) is 0 Å². The number of benzene rings is 2. The van der Waals surface area contributed by atoms with Gasteiger partial charge in [-0.3, -0.25) is 9.69 Å². The lowest BCUT2D eigenvalue weighted by atomic mass is 9.83. The average Bonchev–Trinajstić information content (AvgIpc) is 3.11. The van der Waals surface area contributed by atoms with E-state index in [1.54, 1.807) is 0 Å². The van der Waals surface area contributed by atoms with Crippen LogP contribution in [-0.4, -0.2) is 48.9 Å². The van der Waals surface area contributed by atoms with Gasteiger partial charge in [-0.2, -0.15) is 0 Å². The van der Waals surface area contributed by atoms with Gasteiger partial charge in [0, 0.05) is 53.3 Å². The molecule has 2 heterocycles. The molecular formula is C27H36BrClN4O. The number of carbonyl (C=O) groups is 1. The molecule has 1 fully saturated rings. The molecule has 4 rings (SSSR count). The van der Waals surface area contributed by atoms with Gasteiger partial charge in [0.25, 0.3) is 0 Å². The zero-order chi connectivity index (χ0) is 24.7. The van der Waals surface area contributed by atoms with Gasteiger partial charge in [-0.1, -0.05) is 66.2 Å². The molecule has 1 atom stereocenters. The summed E-state index contributed by atoms with van der Waals surface area (Å²) in [6.07, 6.45) is 4.27. The average molecular weight is 548 g/mol. The summed E-state index contributed by atoms with van der Waals surface area (Å²) in [7, 11) is 2.02. The first-order valence-corrected chi connectivity index (χ1v) is 13.3. The summed E-state index contributed by atoms with van der Waals surface area (Å²) in [6, 6.07) is 13.8. The SMILES string of the molecule is C=C(NCCN(C)C1(Cc2cccc(Cl)c2)C(=O)Nc2cc(Br)ccc21)N1CCCCC1.CC. The number of likely N-dealkylation sites (N-methyl/N-ethyl adjacent to an activating group) is 1. The van der Waals surface area contributed by atoms with E-state index in [1.165, 1.54) is 19.3 Å². The number of rotatable bonds is 8. The molecule has 0 saturated carbocycles. The van der Waals surface area contributed by atoms with Crippen LogP contribution in [0.2, 0.25) is 5.02 Å². The molecule has 1 amide bonds. The molecule has 2 aromatic rings. The van der Waals surface area contributed by atoms with Crippen LogP contribution in [0.15, 0.2) is 59.3 Å². The van der Waals surface area contributed by atoms with Crippen molar-refractivity contribution >= 4 is 39.1 Å². The minimum atomic E-state index is -0.811. The molecule has 1 saturated heterocycles. The zero-order valence-electron chi connectivity index (χ0n) is 20.5. The highest BCUT2D eigenvalue weighted by Crippen LogP contribution is 2.43. The van der Waals surface area contributed by atoms with Crippen LogP contribution in [-0.2, 0) is 16.8 Å². The number of fused-ring (bicyclic) bond motifs is 1. The Balaban J connectivity index is 0.00000158. The van der Waals surface area contributed by atoms with Crippen LogP contribution in [0, 0.1) is 0 Å². The van der Waals surface area contributed by atoms with E-state index >= 15 is 0 Å². The topological polar surface area (TPSA) is 47.6 Å². The molecule has 0 aromatic heterocycles. The van der Waals surface area contributed by atoms with Crippen molar-refractivity contribution in [2.24, 2.45) is 0 Å². The Labute approximate surface area is 217 Å². The highest BCUT2D eigenvalue weighted by atomic mass is 79.9. The molecule has 0 bridgehead atoms. The minimum Gasteiger partial charge on any atom is -0.371 e. The fourth-order valence-corrected chi connectivity index (χ4v) is 5.37. The number of piperidine rings is 1. The van der Waals surface area contributed by atoms with Gasteiger partial charge in [0.15, 0.2) is 0 Å². The number of halogens is 2. The maximum absolute atomic E-state index is 13.5. The zero-order valence-corrected chi connectivity index (χ0v) is 22.8. The number of amides is 1. The highest BCUT2D eigenvalue weighted by Gasteiger charge is 2.49. The van der Waals surface area contributed by atoms with E-state index in [1.807, 2.05) is 63.4 Å². The standard InChI is InChI=1S/C25H30BrClN4O.C2H6/c1-18(31-12-4-3-5-13-31)28-11-14-30(2)25(17-19-7-6-8-21(27)15-19)22-10-9-20(26)16-23(22)29-24(25)32;1-2/h6-10,15-16,28H,1,3-5,11-14,17H2,2H3,(H,29,32);1-2H3. The number of hydrogen-bond donors (Lipinski definition) is 2. The first-order valence-electron chi connectivity index (χ1n) is 12.1. The number of hydrogen-bond acceptors (Lipinski definition) is 4. The quantitative estimate of drug-likeness (QED) is 0.426. The van der Waals surface area contributed by atoms with E-state index in [2.05, 4.69) is 42.9 Å². The van der Waals surface area contributed by atoms with Gasteiger partial charge < -0.3 is 15.5 Å². The third-order valence-electron chi connectivity index (χ3n) is 6.57. The van der Waals surface area contributed by atoms with Gasteiger partial charge in [-0.05, 0) is 56.1 Å². The third-order valence-corrected chi connectivity index (χ3v) is 7.29. The summed E-state index contributed by atoms with van der Waals surface area (Å²) in [5.41, 5.74) is 2.06. The number of nitrogens with zero attached hydrogens (tertiary/aromatic N) is 2. The van der Waals surface area contributed by atoms with E-state index in [0.29, 0.717) is 24.5 Å². The predicted molar refractivity (Wildman–Crippen MR) is 146 cm³/mol. The summed E-state index contributed by atoms with van der Waals surface area (Å²) in [5.74, 6) is 0.963. The molecule has 0 spiro atoms. The predicted octanol–water partition coefficient (Wildman–Crippen LogP) is 6.00. The molecule has 2 N–H and O–H groups in total. The van der Waals surface area contributed by atoms with Crippen molar-refractivity contribution in [3.8, 4) is 0 Å². The van der Waals surface area contributed by atoms with Crippen molar-refractivity contribution in [3.05, 3.63) is 75.5 Å². The minimum absolute atomic E-state index is 0.0112. The fourth-order valence-electron chi connectivity index (χ4n) is 4.79. The van der Waals surface area contributed by atoms with Gasteiger partial charge in [-0.25, -0.2) is 0 Å². The molecule has 2 aliphatic rings. The van der Waals surface area contributed by atoms with Gasteiger partial charge in [-0.15, -0.1) is 0 Å². The lowest BCUT2D eigenvalue weighted by molar-refractivity contribution is -0.127. The molecule has 2 aliphatic heterocycles.